The largest absolute Gasteiger partial charge is 0.497 e. The highest BCUT2D eigenvalue weighted by Crippen LogP contribution is 2.19. The van der Waals surface area contributed by atoms with Gasteiger partial charge in [0.25, 0.3) is 0 Å². The molecule has 1 N–H and O–H groups in total. The monoisotopic (exact) mass is 290 g/mol. The minimum Gasteiger partial charge on any atom is -0.497 e. The van der Waals surface area contributed by atoms with E-state index in [-0.39, 0.29) is 0 Å². The summed E-state index contributed by atoms with van der Waals surface area (Å²) >= 11 is 0. The average Bonchev–Trinajstić information content (AvgIpc) is 2.52. The summed E-state index contributed by atoms with van der Waals surface area (Å²) in [6, 6.07) is 9.75. The number of hydrogen-bond donors (Lipinski definition) is 1. The predicted molar refractivity (Wildman–Crippen MR) is 89.0 cm³/mol. The SMILES string of the molecule is CCC(C)C1CNC(C)CN1CCc1ccc(OC)cc1. The minimum atomic E-state index is 0.598. The molecule has 21 heavy (non-hydrogen) atoms. The molecule has 0 aromatic heterocycles. The molecule has 3 unspecified atom stereocenters. The molecule has 0 radical (unpaired) electrons. The molecule has 3 heteroatoms. The number of nitrogens with one attached hydrogen (secondary N) is 1. The van der Waals surface area contributed by atoms with Crippen LogP contribution in [0.25, 0.3) is 0 Å². The van der Waals surface area contributed by atoms with E-state index < -0.39 is 0 Å². The summed E-state index contributed by atoms with van der Waals surface area (Å²) in [6.07, 6.45) is 2.36. The molecule has 3 atom stereocenters. The van der Waals surface area contributed by atoms with Crippen molar-refractivity contribution in [1.82, 2.24) is 10.2 Å². The Labute approximate surface area is 129 Å². The number of benzene rings is 1. The number of methoxy groups -OCH3 is 1. The van der Waals surface area contributed by atoms with Gasteiger partial charge in [-0.2, -0.15) is 0 Å². The quantitative estimate of drug-likeness (QED) is 0.872. The zero-order valence-corrected chi connectivity index (χ0v) is 13.9. The van der Waals surface area contributed by atoms with Crippen molar-refractivity contribution in [3.63, 3.8) is 0 Å². The molecule has 0 amide bonds. The maximum atomic E-state index is 5.22. The van der Waals surface area contributed by atoms with Crippen LogP contribution in [0.3, 0.4) is 0 Å². The number of hydrogen-bond acceptors (Lipinski definition) is 3. The smallest absolute Gasteiger partial charge is 0.118 e. The van der Waals surface area contributed by atoms with Crippen molar-refractivity contribution in [1.29, 1.82) is 0 Å². The van der Waals surface area contributed by atoms with E-state index in [2.05, 4.69) is 55.3 Å². The Hall–Kier alpha value is -1.06. The fourth-order valence-electron chi connectivity index (χ4n) is 3.16. The summed E-state index contributed by atoms with van der Waals surface area (Å²) in [4.78, 5) is 2.68. The molecular formula is C18H30N2O. The van der Waals surface area contributed by atoms with Gasteiger partial charge in [-0.15, -0.1) is 0 Å². The fraction of sp³-hybridized carbons (Fsp3) is 0.667. The van der Waals surface area contributed by atoms with E-state index in [1.165, 1.54) is 12.0 Å². The molecular weight excluding hydrogens is 260 g/mol. The molecule has 0 bridgehead atoms. The fourth-order valence-corrected chi connectivity index (χ4v) is 3.16. The average molecular weight is 290 g/mol. The van der Waals surface area contributed by atoms with Crippen molar-refractivity contribution in [3.05, 3.63) is 29.8 Å². The van der Waals surface area contributed by atoms with Gasteiger partial charge < -0.3 is 10.1 Å². The molecule has 0 aliphatic carbocycles. The Balaban J connectivity index is 1.94. The van der Waals surface area contributed by atoms with Gasteiger partial charge in [-0.3, -0.25) is 4.90 Å². The van der Waals surface area contributed by atoms with Gasteiger partial charge in [0, 0.05) is 31.7 Å². The molecule has 1 aromatic rings. The van der Waals surface area contributed by atoms with E-state index >= 15 is 0 Å². The van der Waals surface area contributed by atoms with Crippen molar-refractivity contribution in [3.8, 4) is 5.75 Å². The first-order valence-corrected chi connectivity index (χ1v) is 8.24. The first-order chi connectivity index (χ1) is 10.1. The summed E-state index contributed by atoms with van der Waals surface area (Å²) in [5.41, 5.74) is 1.39. The summed E-state index contributed by atoms with van der Waals surface area (Å²) in [6.45, 7) is 10.4. The third-order valence-corrected chi connectivity index (χ3v) is 4.80. The van der Waals surface area contributed by atoms with Gasteiger partial charge in [0.15, 0.2) is 0 Å². The van der Waals surface area contributed by atoms with Crippen molar-refractivity contribution in [2.45, 2.75) is 45.7 Å². The van der Waals surface area contributed by atoms with Gasteiger partial charge >= 0.3 is 0 Å². The summed E-state index contributed by atoms with van der Waals surface area (Å²) in [5.74, 6) is 1.69. The number of piperazine rings is 1. The first-order valence-electron chi connectivity index (χ1n) is 8.24. The van der Waals surface area contributed by atoms with Gasteiger partial charge in [-0.05, 0) is 37.0 Å². The second kappa shape index (κ2) is 7.81. The van der Waals surface area contributed by atoms with Crippen molar-refractivity contribution in [2.24, 2.45) is 5.92 Å². The second-order valence-corrected chi connectivity index (χ2v) is 6.36. The highest BCUT2D eigenvalue weighted by atomic mass is 16.5. The molecule has 1 aliphatic rings. The van der Waals surface area contributed by atoms with Gasteiger partial charge in [-0.25, -0.2) is 0 Å². The second-order valence-electron chi connectivity index (χ2n) is 6.36. The highest BCUT2D eigenvalue weighted by Gasteiger charge is 2.28. The predicted octanol–water partition coefficient (Wildman–Crippen LogP) is 2.95. The van der Waals surface area contributed by atoms with Crippen LogP contribution in [-0.2, 0) is 6.42 Å². The van der Waals surface area contributed by atoms with Crippen molar-refractivity contribution in [2.75, 3.05) is 26.7 Å². The molecule has 0 saturated carbocycles. The lowest BCUT2D eigenvalue weighted by molar-refractivity contribution is 0.0969. The molecule has 1 aromatic carbocycles. The maximum absolute atomic E-state index is 5.22. The lowest BCUT2D eigenvalue weighted by atomic mass is 9.94. The molecule has 0 spiro atoms. The van der Waals surface area contributed by atoms with Gasteiger partial charge in [0.2, 0.25) is 0 Å². The van der Waals surface area contributed by atoms with E-state index in [1.54, 1.807) is 7.11 Å². The zero-order chi connectivity index (χ0) is 15.2. The van der Waals surface area contributed by atoms with Crippen LogP contribution >= 0.6 is 0 Å². The van der Waals surface area contributed by atoms with Crippen LogP contribution in [0.15, 0.2) is 24.3 Å². The molecule has 1 fully saturated rings. The van der Waals surface area contributed by atoms with Crippen LogP contribution in [0.4, 0.5) is 0 Å². The molecule has 118 valence electrons. The standard InChI is InChI=1S/C18H30N2O/c1-5-14(2)18-12-19-15(3)13-20(18)11-10-16-6-8-17(21-4)9-7-16/h6-9,14-15,18-19H,5,10-13H2,1-4H3. The third-order valence-electron chi connectivity index (χ3n) is 4.80. The summed E-state index contributed by atoms with van der Waals surface area (Å²) < 4.78 is 5.22. The molecule has 1 saturated heterocycles. The van der Waals surface area contributed by atoms with Crippen LogP contribution in [0, 0.1) is 5.92 Å². The van der Waals surface area contributed by atoms with Crippen molar-refractivity contribution < 1.29 is 4.74 Å². The van der Waals surface area contributed by atoms with Gasteiger partial charge in [0.1, 0.15) is 5.75 Å². The van der Waals surface area contributed by atoms with E-state index in [0.29, 0.717) is 12.1 Å². The molecule has 1 heterocycles. The Bertz CT molecular complexity index is 418. The van der Waals surface area contributed by atoms with Crippen LogP contribution in [-0.4, -0.2) is 43.7 Å². The number of nitrogens with zero attached hydrogens (tertiary/aromatic N) is 1. The van der Waals surface area contributed by atoms with E-state index in [4.69, 9.17) is 4.74 Å². The van der Waals surface area contributed by atoms with E-state index in [9.17, 15) is 0 Å². The Morgan fingerprint density at radius 1 is 1.33 bits per heavy atom. The maximum Gasteiger partial charge on any atom is 0.118 e. The molecule has 1 aliphatic heterocycles. The van der Waals surface area contributed by atoms with Crippen LogP contribution in [0.5, 0.6) is 5.75 Å². The minimum absolute atomic E-state index is 0.598. The van der Waals surface area contributed by atoms with E-state index in [1.807, 2.05) is 0 Å². The Morgan fingerprint density at radius 2 is 2.05 bits per heavy atom. The third kappa shape index (κ3) is 4.45. The summed E-state index contributed by atoms with van der Waals surface area (Å²) in [7, 11) is 1.72. The summed E-state index contributed by atoms with van der Waals surface area (Å²) in [5, 5.41) is 3.63. The molecule has 3 nitrogen and oxygen atoms in total. The lowest BCUT2D eigenvalue weighted by Gasteiger charge is -2.42. The van der Waals surface area contributed by atoms with E-state index in [0.717, 1.165) is 37.7 Å². The zero-order valence-electron chi connectivity index (χ0n) is 13.9. The topological polar surface area (TPSA) is 24.5 Å². The van der Waals surface area contributed by atoms with Gasteiger partial charge in [-0.1, -0.05) is 32.4 Å². The first kappa shape index (κ1) is 16.3. The Morgan fingerprint density at radius 3 is 2.67 bits per heavy atom. The lowest BCUT2D eigenvalue weighted by Crippen LogP contribution is -2.57. The number of rotatable bonds is 6. The number of ether oxygens (including phenoxy) is 1. The van der Waals surface area contributed by atoms with Crippen LogP contribution < -0.4 is 10.1 Å². The van der Waals surface area contributed by atoms with Crippen LogP contribution in [0.1, 0.15) is 32.8 Å². The normalized spacial score (nSPS) is 24.8. The van der Waals surface area contributed by atoms with Crippen LogP contribution in [0.2, 0.25) is 0 Å². The molecule has 2 rings (SSSR count). The van der Waals surface area contributed by atoms with Gasteiger partial charge in [0.05, 0.1) is 7.11 Å². The Kier molecular flexibility index (Phi) is 6.07. The highest BCUT2D eigenvalue weighted by molar-refractivity contribution is 5.27. The van der Waals surface area contributed by atoms with Crippen molar-refractivity contribution >= 4 is 0 Å².